The maximum atomic E-state index is 13.4. The van der Waals surface area contributed by atoms with Gasteiger partial charge in [0, 0.05) is 43.9 Å². The zero-order valence-corrected chi connectivity index (χ0v) is 15.1. The van der Waals surface area contributed by atoms with Crippen LogP contribution < -0.4 is 10.1 Å². The van der Waals surface area contributed by atoms with Crippen molar-refractivity contribution < 1.29 is 9.13 Å². The summed E-state index contributed by atoms with van der Waals surface area (Å²) in [6.07, 6.45) is 1.09. The normalized spacial score (nSPS) is 17.8. The van der Waals surface area contributed by atoms with E-state index >= 15 is 0 Å². The van der Waals surface area contributed by atoms with Gasteiger partial charge in [0.15, 0.2) is 0 Å². The van der Waals surface area contributed by atoms with E-state index in [1.807, 2.05) is 6.07 Å². The first-order valence-electron chi connectivity index (χ1n) is 7.45. The first kappa shape index (κ1) is 21.4. The molecule has 0 bridgehead atoms. The number of piperazine rings is 1. The molecule has 0 saturated carbocycles. The van der Waals surface area contributed by atoms with Gasteiger partial charge in [-0.3, -0.25) is 4.90 Å². The van der Waals surface area contributed by atoms with Crippen molar-refractivity contribution in [2.45, 2.75) is 26.3 Å². The Hall–Kier alpha value is -0.550. The standard InChI is InChI=1S/C16H25FN2O.2ClH/c1-4-12(2)16(19-9-7-18-8-10-19)14-6-5-13(17)11-15(14)20-3;;/h5-6,11-12,16,18H,4,7-10H2,1-3H3;2*1H/t12?,16-;;/m1../s1. The maximum Gasteiger partial charge on any atom is 0.126 e. The molecule has 1 aliphatic heterocycles. The van der Waals surface area contributed by atoms with E-state index < -0.39 is 0 Å². The van der Waals surface area contributed by atoms with Crippen molar-refractivity contribution in [2.24, 2.45) is 5.92 Å². The van der Waals surface area contributed by atoms with Crippen LogP contribution >= 0.6 is 24.8 Å². The molecule has 128 valence electrons. The van der Waals surface area contributed by atoms with Crippen molar-refractivity contribution in [1.82, 2.24) is 10.2 Å². The van der Waals surface area contributed by atoms with Crippen LogP contribution in [0.3, 0.4) is 0 Å². The highest BCUT2D eigenvalue weighted by Gasteiger charge is 2.28. The molecule has 1 saturated heterocycles. The molecule has 1 aromatic rings. The smallest absolute Gasteiger partial charge is 0.126 e. The highest BCUT2D eigenvalue weighted by atomic mass is 35.5. The Kier molecular flexibility index (Phi) is 10.0. The van der Waals surface area contributed by atoms with Gasteiger partial charge in [-0.2, -0.15) is 0 Å². The summed E-state index contributed by atoms with van der Waals surface area (Å²) in [4.78, 5) is 2.49. The Morgan fingerprint density at radius 3 is 2.45 bits per heavy atom. The van der Waals surface area contributed by atoms with Gasteiger partial charge in [-0.15, -0.1) is 24.8 Å². The second-order valence-corrected chi connectivity index (χ2v) is 5.50. The van der Waals surface area contributed by atoms with Crippen LogP contribution in [-0.4, -0.2) is 38.2 Å². The van der Waals surface area contributed by atoms with Gasteiger partial charge in [0.2, 0.25) is 0 Å². The summed E-state index contributed by atoms with van der Waals surface area (Å²) in [5.74, 6) is 0.926. The first-order chi connectivity index (χ1) is 9.67. The fourth-order valence-corrected chi connectivity index (χ4v) is 2.98. The van der Waals surface area contributed by atoms with Gasteiger partial charge < -0.3 is 10.1 Å². The number of benzene rings is 1. The third-order valence-electron chi connectivity index (χ3n) is 4.24. The van der Waals surface area contributed by atoms with Crippen molar-refractivity contribution >= 4 is 24.8 Å². The van der Waals surface area contributed by atoms with Crippen LogP contribution in [0.2, 0.25) is 0 Å². The van der Waals surface area contributed by atoms with E-state index in [-0.39, 0.29) is 36.7 Å². The second-order valence-electron chi connectivity index (χ2n) is 5.50. The summed E-state index contributed by atoms with van der Waals surface area (Å²) in [7, 11) is 1.61. The number of rotatable bonds is 5. The van der Waals surface area contributed by atoms with Crippen molar-refractivity contribution in [2.75, 3.05) is 33.3 Å². The van der Waals surface area contributed by atoms with Gasteiger partial charge in [0.05, 0.1) is 7.11 Å². The quantitative estimate of drug-likeness (QED) is 0.874. The lowest BCUT2D eigenvalue weighted by Gasteiger charge is -2.39. The van der Waals surface area contributed by atoms with Gasteiger partial charge in [-0.1, -0.05) is 26.3 Å². The molecule has 6 heteroatoms. The predicted octanol–water partition coefficient (Wildman–Crippen LogP) is 3.67. The van der Waals surface area contributed by atoms with Gasteiger partial charge in [0.25, 0.3) is 0 Å². The molecule has 1 fully saturated rings. The van der Waals surface area contributed by atoms with Crippen molar-refractivity contribution in [3.05, 3.63) is 29.6 Å². The van der Waals surface area contributed by atoms with E-state index in [9.17, 15) is 4.39 Å². The average Bonchev–Trinajstić information content (AvgIpc) is 2.49. The third kappa shape index (κ3) is 4.98. The van der Waals surface area contributed by atoms with E-state index in [2.05, 4.69) is 24.1 Å². The van der Waals surface area contributed by atoms with E-state index in [1.165, 1.54) is 12.1 Å². The number of nitrogens with one attached hydrogen (secondary N) is 1. The molecular weight excluding hydrogens is 326 g/mol. The number of ether oxygens (including phenoxy) is 1. The Balaban J connectivity index is 0.00000220. The Bertz CT molecular complexity index is 442. The fourth-order valence-electron chi connectivity index (χ4n) is 2.98. The Morgan fingerprint density at radius 2 is 1.91 bits per heavy atom. The minimum atomic E-state index is -0.242. The van der Waals surface area contributed by atoms with Crippen LogP contribution in [0.5, 0.6) is 5.75 Å². The molecule has 0 amide bonds. The van der Waals surface area contributed by atoms with Crippen LogP contribution in [0.1, 0.15) is 31.9 Å². The van der Waals surface area contributed by atoms with Gasteiger partial charge in [-0.25, -0.2) is 4.39 Å². The molecule has 1 aromatic carbocycles. The van der Waals surface area contributed by atoms with Crippen molar-refractivity contribution in [3.63, 3.8) is 0 Å². The Labute approximate surface area is 145 Å². The monoisotopic (exact) mass is 352 g/mol. The highest BCUT2D eigenvalue weighted by molar-refractivity contribution is 5.85. The fraction of sp³-hybridized carbons (Fsp3) is 0.625. The number of hydrogen-bond donors (Lipinski definition) is 1. The highest BCUT2D eigenvalue weighted by Crippen LogP contribution is 2.36. The summed E-state index contributed by atoms with van der Waals surface area (Å²) in [6, 6.07) is 5.20. The summed E-state index contributed by atoms with van der Waals surface area (Å²) >= 11 is 0. The molecular formula is C16H27Cl2FN2O. The molecule has 0 spiro atoms. The van der Waals surface area contributed by atoms with Crippen LogP contribution in [0, 0.1) is 11.7 Å². The molecule has 3 nitrogen and oxygen atoms in total. The van der Waals surface area contributed by atoms with E-state index in [4.69, 9.17) is 4.74 Å². The minimum absolute atomic E-state index is 0. The zero-order chi connectivity index (χ0) is 14.5. The summed E-state index contributed by atoms with van der Waals surface area (Å²) in [5, 5.41) is 3.38. The van der Waals surface area contributed by atoms with Crippen LogP contribution in [0.15, 0.2) is 18.2 Å². The van der Waals surface area contributed by atoms with Crippen molar-refractivity contribution in [3.8, 4) is 5.75 Å². The van der Waals surface area contributed by atoms with Gasteiger partial charge >= 0.3 is 0 Å². The molecule has 0 aliphatic carbocycles. The number of halogens is 3. The molecule has 22 heavy (non-hydrogen) atoms. The van der Waals surface area contributed by atoms with E-state index in [0.717, 1.165) is 38.2 Å². The SMILES string of the molecule is CCC(C)[C@H](c1ccc(F)cc1OC)N1CCNCC1.Cl.Cl. The topological polar surface area (TPSA) is 24.5 Å². The molecule has 1 heterocycles. The number of nitrogens with zero attached hydrogens (tertiary/aromatic N) is 1. The van der Waals surface area contributed by atoms with Crippen molar-refractivity contribution in [1.29, 1.82) is 0 Å². The van der Waals surface area contributed by atoms with Crippen LogP contribution in [0.25, 0.3) is 0 Å². The number of hydrogen-bond acceptors (Lipinski definition) is 3. The lowest BCUT2D eigenvalue weighted by Crippen LogP contribution is -2.46. The zero-order valence-electron chi connectivity index (χ0n) is 13.5. The maximum absolute atomic E-state index is 13.4. The van der Waals surface area contributed by atoms with E-state index in [0.29, 0.717) is 11.7 Å². The summed E-state index contributed by atoms with van der Waals surface area (Å²) in [6.45, 7) is 8.53. The van der Waals surface area contributed by atoms with Crippen LogP contribution in [0.4, 0.5) is 4.39 Å². The molecule has 1 unspecified atom stereocenters. The third-order valence-corrected chi connectivity index (χ3v) is 4.24. The molecule has 2 rings (SSSR count). The van der Waals surface area contributed by atoms with Gasteiger partial charge in [0.1, 0.15) is 11.6 Å². The van der Waals surface area contributed by atoms with Crippen LogP contribution in [-0.2, 0) is 0 Å². The predicted molar refractivity (Wildman–Crippen MR) is 94.1 cm³/mol. The molecule has 2 atom stereocenters. The second kappa shape index (κ2) is 10.3. The Morgan fingerprint density at radius 1 is 1.27 bits per heavy atom. The minimum Gasteiger partial charge on any atom is -0.496 e. The lowest BCUT2D eigenvalue weighted by molar-refractivity contribution is 0.126. The van der Waals surface area contributed by atoms with Gasteiger partial charge in [-0.05, 0) is 12.0 Å². The summed E-state index contributed by atoms with van der Waals surface area (Å²) < 4.78 is 18.8. The molecule has 1 N–H and O–H groups in total. The van der Waals surface area contributed by atoms with E-state index in [1.54, 1.807) is 7.11 Å². The lowest BCUT2D eigenvalue weighted by atomic mass is 9.90. The molecule has 0 radical (unpaired) electrons. The number of methoxy groups -OCH3 is 1. The largest absolute Gasteiger partial charge is 0.496 e. The average molecular weight is 353 g/mol. The molecule has 0 aromatic heterocycles. The molecule has 1 aliphatic rings. The summed E-state index contributed by atoms with van der Waals surface area (Å²) in [5.41, 5.74) is 1.10. The first-order valence-corrected chi connectivity index (χ1v) is 7.45.